The van der Waals surface area contributed by atoms with Crippen LogP contribution in [0.25, 0.3) is 0 Å². The van der Waals surface area contributed by atoms with Gasteiger partial charge in [0, 0.05) is 36.5 Å². The summed E-state index contributed by atoms with van der Waals surface area (Å²) in [5.74, 6) is -0.117. The molecule has 1 aromatic carbocycles. The molecule has 114 valence electrons. The number of nitro groups is 1. The van der Waals surface area contributed by atoms with Crippen LogP contribution in [0.1, 0.15) is 55.8 Å². The van der Waals surface area contributed by atoms with Crippen LogP contribution < -0.4 is 4.90 Å². The molecule has 0 unspecified atom stereocenters. The maximum atomic E-state index is 11.9. The molecule has 0 aliphatic carbocycles. The zero-order valence-corrected chi connectivity index (χ0v) is 12.5. The van der Waals surface area contributed by atoms with E-state index in [1.165, 1.54) is 44.7 Å². The molecule has 5 heteroatoms. The third kappa shape index (κ3) is 4.03. The summed E-state index contributed by atoms with van der Waals surface area (Å²) >= 11 is 0. The molecule has 0 saturated carbocycles. The minimum Gasteiger partial charge on any atom is -0.371 e. The van der Waals surface area contributed by atoms with Gasteiger partial charge in [0.1, 0.15) is 0 Å². The fourth-order valence-electron chi connectivity index (χ4n) is 2.86. The van der Waals surface area contributed by atoms with Crippen molar-refractivity contribution in [1.82, 2.24) is 0 Å². The van der Waals surface area contributed by atoms with E-state index in [0.717, 1.165) is 31.6 Å². The number of rotatable bonds is 3. The van der Waals surface area contributed by atoms with Crippen LogP contribution >= 0.6 is 0 Å². The Labute approximate surface area is 125 Å². The standard InChI is InChI=1S/C16H22N2O3/c1-13(19)15-12-14(18(20)21)8-9-16(15)17-10-6-4-2-3-5-7-11-17/h8-9,12H,2-7,10-11H2,1H3. The Kier molecular flexibility index (Phi) is 5.31. The number of nitrogens with zero attached hydrogens (tertiary/aromatic N) is 2. The molecular formula is C16H22N2O3. The Bertz CT molecular complexity index is 518. The van der Waals surface area contributed by atoms with Gasteiger partial charge in [-0.3, -0.25) is 14.9 Å². The van der Waals surface area contributed by atoms with Crippen molar-refractivity contribution < 1.29 is 9.72 Å². The molecule has 1 fully saturated rings. The van der Waals surface area contributed by atoms with Gasteiger partial charge in [-0.2, -0.15) is 0 Å². The first-order chi connectivity index (χ1) is 10.1. The van der Waals surface area contributed by atoms with Crippen LogP contribution in [-0.4, -0.2) is 23.8 Å². The highest BCUT2D eigenvalue weighted by molar-refractivity contribution is 6.00. The lowest BCUT2D eigenvalue weighted by Crippen LogP contribution is -2.27. The minimum absolute atomic E-state index is 0.0202. The number of nitro benzene ring substituents is 1. The minimum atomic E-state index is -0.450. The molecule has 0 aromatic heterocycles. The molecular weight excluding hydrogens is 268 g/mol. The van der Waals surface area contributed by atoms with Crippen molar-refractivity contribution in [2.75, 3.05) is 18.0 Å². The lowest BCUT2D eigenvalue weighted by Gasteiger charge is -2.26. The third-order valence-electron chi connectivity index (χ3n) is 4.02. The van der Waals surface area contributed by atoms with Gasteiger partial charge in [-0.1, -0.05) is 25.7 Å². The van der Waals surface area contributed by atoms with Crippen LogP contribution in [0.3, 0.4) is 0 Å². The summed E-state index contributed by atoms with van der Waals surface area (Å²) in [6.07, 6.45) is 7.17. The molecule has 0 N–H and O–H groups in total. The SMILES string of the molecule is CC(=O)c1cc([N+](=O)[O-])ccc1N1CCCCCCCC1. The number of hydrogen-bond acceptors (Lipinski definition) is 4. The van der Waals surface area contributed by atoms with Crippen LogP contribution in [0.15, 0.2) is 18.2 Å². The van der Waals surface area contributed by atoms with Gasteiger partial charge in [-0.25, -0.2) is 0 Å². The highest BCUT2D eigenvalue weighted by Crippen LogP contribution is 2.27. The molecule has 5 nitrogen and oxygen atoms in total. The van der Waals surface area contributed by atoms with E-state index in [0.29, 0.717) is 5.56 Å². The summed E-state index contributed by atoms with van der Waals surface area (Å²) in [6, 6.07) is 4.63. The molecule has 2 rings (SSSR count). The number of ketones is 1. The molecule has 0 radical (unpaired) electrons. The summed E-state index contributed by atoms with van der Waals surface area (Å²) in [4.78, 5) is 24.5. The van der Waals surface area contributed by atoms with Crippen molar-refractivity contribution in [3.8, 4) is 0 Å². The van der Waals surface area contributed by atoms with Gasteiger partial charge in [0.05, 0.1) is 4.92 Å². The normalized spacial score (nSPS) is 16.7. The van der Waals surface area contributed by atoms with Gasteiger partial charge in [0.15, 0.2) is 5.78 Å². The number of benzene rings is 1. The Morgan fingerprint density at radius 2 is 1.67 bits per heavy atom. The Balaban J connectivity index is 2.31. The summed E-state index contributed by atoms with van der Waals surface area (Å²) in [6.45, 7) is 3.30. The number of carbonyl (C=O) groups is 1. The summed E-state index contributed by atoms with van der Waals surface area (Å²) in [7, 11) is 0. The molecule has 1 saturated heterocycles. The number of non-ortho nitro benzene ring substituents is 1. The third-order valence-corrected chi connectivity index (χ3v) is 4.02. The largest absolute Gasteiger partial charge is 0.371 e. The predicted molar refractivity (Wildman–Crippen MR) is 83.0 cm³/mol. The average molecular weight is 290 g/mol. The lowest BCUT2D eigenvalue weighted by molar-refractivity contribution is -0.384. The molecule has 0 atom stereocenters. The van der Waals surface area contributed by atoms with E-state index in [2.05, 4.69) is 4.90 Å². The second kappa shape index (κ2) is 7.20. The van der Waals surface area contributed by atoms with Gasteiger partial charge >= 0.3 is 0 Å². The molecule has 21 heavy (non-hydrogen) atoms. The fraction of sp³-hybridized carbons (Fsp3) is 0.562. The predicted octanol–water partition coefficient (Wildman–Crippen LogP) is 3.96. The Morgan fingerprint density at radius 1 is 1.10 bits per heavy atom. The van der Waals surface area contributed by atoms with Crippen LogP contribution in [0.4, 0.5) is 11.4 Å². The van der Waals surface area contributed by atoms with Gasteiger partial charge in [-0.05, 0) is 25.8 Å². The molecule has 0 bridgehead atoms. The van der Waals surface area contributed by atoms with E-state index in [9.17, 15) is 14.9 Å². The fourth-order valence-corrected chi connectivity index (χ4v) is 2.86. The first-order valence-electron chi connectivity index (χ1n) is 7.64. The number of hydrogen-bond donors (Lipinski definition) is 0. The molecule has 0 spiro atoms. The number of carbonyl (C=O) groups excluding carboxylic acids is 1. The second-order valence-corrected chi connectivity index (χ2v) is 5.62. The second-order valence-electron chi connectivity index (χ2n) is 5.62. The highest BCUT2D eigenvalue weighted by Gasteiger charge is 2.18. The quantitative estimate of drug-likeness (QED) is 0.480. The van der Waals surface area contributed by atoms with Crippen LogP contribution in [0.5, 0.6) is 0 Å². The van der Waals surface area contributed by atoms with E-state index >= 15 is 0 Å². The van der Waals surface area contributed by atoms with Crippen LogP contribution in [0.2, 0.25) is 0 Å². The Hall–Kier alpha value is -1.91. The first-order valence-corrected chi connectivity index (χ1v) is 7.64. The van der Waals surface area contributed by atoms with Gasteiger partial charge in [-0.15, -0.1) is 0 Å². The van der Waals surface area contributed by atoms with Crippen LogP contribution in [0, 0.1) is 10.1 Å². The van der Waals surface area contributed by atoms with Gasteiger partial charge in [0.25, 0.3) is 5.69 Å². The summed E-state index contributed by atoms with van der Waals surface area (Å²) < 4.78 is 0. The van der Waals surface area contributed by atoms with E-state index in [-0.39, 0.29) is 11.5 Å². The van der Waals surface area contributed by atoms with E-state index in [1.54, 1.807) is 6.07 Å². The topological polar surface area (TPSA) is 63.4 Å². The molecule has 1 aliphatic heterocycles. The van der Waals surface area contributed by atoms with Crippen LogP contribution in [-0.2, 0) is 0 Å². The van der Waals surface area contributed by atoms with Gasteiger partial charge in [0.2, 0.25) is 0 Å². The molecule has 1 heterocycles. The van der Waals surface area contributed by atoms with Crippen molar-refractivity contribution in [2.45, 2.75) is 45.4 Å². The molecule has 1 aliphatic rings. The molecule has 1 aromatic rings. The van der Waals surface area contributed by atoms with E-state index in [4.69, 9.17) is 0 Å². The summed E-state index contributed by atoms with van der Waals surface area (Å²) in [5, 5.41) is 10.9. The smallest absolute Gasteiger partial charge is 0.270 e. The highest BCUT2D eigenvalue weighted by atomic mass is 16.6. The number of anilines is 1. The van der Waals surface area contributed by atoms with Crippen molar-refractivity contribution >= 4 is 17.2 Å². The Morgan fingerprint density at radius 3 is 2.19 bits per heavy atom. The van der Waals surface area contributed by atoms with Crippen molar-refractivity contribution in [3.63, 3.8) is 0 Å². The monoisotopic (exact) mass is 290 g/mol. The van der Waals surface area contributed by atoms with Gasteiger partial charge < -0.3 is 4.90 Å². The zero-order valence-electron chi connectivity index (χ0n) is 12.5. The summed E-state index contributed by atoms with van der Waals surface area (Å²) in [5.41, 5.74) is 1.28. The van der Waals surface area contributed by atoms with E-state index in [1.807, 2.05) is 0 Å². The van der Waals surface area contributed by atoms with Crippen molar-refractivity contribution in [3.05, 3.63) is 33.9 Å². The van der Waals surface area contributed by atoms with Crippen molar-refractivity contribution in [1.29, 1.82) is 0 Å². The molecule has 0 amide bonds. The average Bonchev–Trinajstić information content (AvgIpc) is 2.60. The zero-order chi connectivity index (χ0) is 15.2. The first kappa shape index (κ1) is 15.5. The van der Waals surface area contributed by atoms with Crippen molar-refractivity contribution in [2.24, 2.45) is 0 Å². The lowest BCUT2D eigenvalue weighted by atomic mass is 10.1. The van der Waals surface area contributed by atoms with E-state index < -0.39 is 4.92 Å². The maximum absolute atomic E-state index is 11.9. The maximum Gasteiger partial charge on any atom is 0.270 e. The number of Topliss-reactive ketones (excluding diaryl/α,β-unsaturated/α-hetero) is 1.